The van der Waals surface area contributed by atoms with E-state index in [2.05, 4.69) is 10.6 Å². The van der Waals surface area contributed by atoms with E-state index in [1.165, 1.54) is 0 Å². The van der Waals surface area contributed by atoms with Gasteiger partial charge in [-0.3, -0.25) is 9.59 Å². The second-order valence-corrected chi connectivity index (χ2v) is 5.10. The molecule has 2 rings (SSSR count). The molecule has 96 valence electrons. The largest absolute Gasteiger partial charge is 0.481 e. The standard InChI is InChI=1S/C12H20N2O3/c15-11-5-4-9(14-11)7-13-6-8-2-1-3-10(8)12(16)17/h8-10,13H,1-7H2,(H,14,15)(H,16,17). The summed E-state index contributed by atoms with van der Waals surface area (Å²) in [5.74, 6) is -0.463. The molecule has 1 aliphatic carbocycles. The normalized spacial score (nSPS) is 32.7. The summed E-state index contributed by atoms with van der Waals surface area (Å²) < 4.78 is 0. The molecule has 1 aliphatic heterocycles. The van der Waals surface area contributed by atoms with Crippen LogP contribution in [0.5, 0.6) is 0 Å². The van der Waals surface area contributed by atoms with Crippen LogP contribution in [0.3, 0.4) is 0 Å². The van der Waals surface area contributed by atoms with Gasteiger partial charge in [-0.2, -0.15) is 0 Å². The molecule has 0 spiro atoms. The molecule has 1 saturated carbocycles. The van der Waals surface area contributed by atoms with Gasteiger partial charge in [-0.05, 0) is 31.7 Å². The Morgan fingerprint density at radius 3 is 2.82 bits per heavy atom. The van der Waals surface area contributed by atoms with E-state index in [1.807, 2.05) is 0 Å². The van der Waals surface area contributed by atoms with Crippen molar-refractivity contribution in [3.63, 3.8) is 0 Å². The van der Waals surface area contributed by atoms with Gasteiger partial charge in [0.05, 0.1) is 5.92 Å². The summed E-state index contributed by atoms with van der Waals surface area (Å²) in [4.78, 5) is 22.0. The molecule has 0 aromatic rings. The molecule has 5 nitrogen and oxygen atoms in total. The molecular formula is C12H20N2O3. The van der Waals surface area contributed by atoms with Crippen molar-refractivity contribution in [2.75, 3.05) is 13.1 Å². The predicted octanol–water partition coefficient (Wildman–Crippen LogP) is 0.355. The number of hydrogen-bond donors (Lipinski definition) is 3. The second-order valence-electron chi connectivity index (χ2n) is 5.10. The number of nitrogens with one attached hydrogen (secondary N) is 2. The fraction of sp³-hybridized carbons (Fsp3) is 0.833. The van der Waals surface area contributed by atoms with Crippen molar-refractivity contribution >= 4 is 11.9 Å². The number of rotatable bonds is 5. The number of carboxylic acids is 1. The molecule has 3 atom stereocenters. The van der Waals surface area contributed by atoms with Crippen LogP contribution in [0.2, 0.25) is 0 Å². The maximum absolute atomic E-state index is 11.0. The third kappa shape index (κ3) is 3.19. The molecule has 3 unspecified atom stereocenters. The first kappa shape index (κ1) is 12.4. The van der Waals surface area contributed by atoms with Gasteiger partial charge in [0.25, 0.3) is 0 Å². The van der Waals surface area contributed by atoms with Crippen molar-refractivity contribution < 1.29 is 14.7 Å². The number of amides is 1. The van der Waals surface area contributed by atoms with Crippen molar-refractivity contribution in [1.29, 1.82) is 0 Å². The van der Waals surface area contributed by atoms with Gasteiger partial charge in [-0.25, -0.2) is 0 Å². The van der Waals surface area contributed by atoms with E-state index < -0.39 is 5.97 Å². The number of carbonyl (C=O) groups excluding carboxylic acids is 1. The maximum Gasteiger partial charge on any atom is 0.306 e. The maximum atomic E-state index is 11.0. The Kier molecular flexibility index (Phi) is 3.99. The molecule has 0 bridgehead atoms. The van der Waals surface area contributed by atoms with Gasteiger partial charge in [0.1, 0.15) is 0 Å². The summed E-state index contributed by atoms with van der Waals surface area (Å²) >= 11 is 0. The second kappa shape index (κ2) is 5.49. The lowest BCUT2D eigenvalue weighted by molar-refractivity contribution is -0.142. The molecule has 1 saturated heterocycles. The molecule has 5 heteroatoms. The van der Waals surface area contributed by atoms with E-state index in [0.717, 1.165) is 38.8 Å². The summed E-state index contributed by atoms with van der Waals surface area (Å²) in [7, 11) is 0. The Balaban J connectivity index is 1.68. The minimum Gasteiger partial charge on any atom is -0.481 e. The lowest BCUT2D eigenvalue weighted by atomic mass is 9.96. The van der Waals surface area contributed by atoms with Gasteiger partial charge in [0.2, 0.25) is 5.91 Å². The Bertz CT molecular complexity index is 306. The number of carbonyl (C=O) groups is 2. The van der Waals surface area contributed by atoms with Gasteiger partial charge >= 0.3 is 5.97 Å². The zero-order chi connectivity index (χ0) is 12.3. The number of carboxylic acid groups (broad SMARTS) is 1. The molecule has 2 fully saturated rings. The monoisotopic (exact) mass is 240 g/mol. The van der Waals surface area contributed by atoms with E-state index in [4.69, 9.17) is 5.11 Å². The van der Waals surface area contributed by atoms with Crippen molar-refractivity contribution in [2.45, 2.75) is 38.1 Å². The van der Waals surface area contributed by atoms with Crippen LogP contribution in [0.1, 0.15) is 32.1 Å². The van der Waals surface area contributed by atoms with Gasteiger partial charge in [0, 0.05) is 19.0 Å². The predicted molar refractivity (Wildman–Crippen MR) is 62.5 cm³/mol. The van der Waals surface area contributed by atoms with E-state index >= 15 is 0 Å². The van der Waals surface area contributed by atoms with Crippen molar-refractivity contribution in [3.8, 4) is 0 Å². The average molecular weight is 240 g/mol. The van der Waals surface area contributed by atoms with Crippen LogP contribution in [-0.2, 0) is 9.59 Å². The Morgan fingerprint density at radius 2 is 2.18 bits per heavy atom. The van der Waals surface area contributed by atoms with E-state index in [0.29, 0.717) is 6.42 Å². The Hall–Kier alpha value is -1.10. The zero-order valence-corrected chi connectivity index (χ0v) is 9.95. The fourth-order valence-corrected chi connectivity index (χ4v) is 2.88. The first-order valence-electron chi connectivity index (χ1n) is 6.39. The molecular weight excluding hydrogens is 220 g/mol. The van der Waals surface area contributed by atoms with Crippen molar-refractivity contribution in [2.24, 2.45) is 11.8 Å². The topological polar surface area (TPSA) is 78.4 Å². The quantitative estimate of drug-likeness (QED) is 0.648. The summed E-state index contributed by atoms with van der Waals surface area (Å²) in [5, 5.41) is 15.2. The lowest BCUT2D eigenvalue weighted by Crippen LogP contribution is -2.38. The number of hydrogen-bond acceptors (Lipinski definition) is 3. The highest BCUT2D eigenvalue weighted by Gasteiger charge is 2.32. The Labute approximate surface area is 101 Å². The van der Waals surface area contributed by atoms with E-state index in [9.17, 15) is 9.59 Å². The molecule has 1 heterocycles. The summed E-state index contributed by atoms with van der Waals surface area (Å²) in [6.07, 6.45) is 4.33. The van der Waals surface area contributed by atoms with Crippen LogP contribution >= 0.6 is 0 Å². The molecule has 1 amide bonds. The van der Waals surface area contributed by atoms with Crippen molar-refractivity contribution in [3.05, 3.63) is 0 Å². The van der Waals surface area contributed by atoms with Gasteiger partial charge in [-0.1, -0.05) is 6.42 Å². The van der Waals surface area contributed by atoms with Crippen molar-refractivity contribution in [1.82, 2.24) is 10.6 Å². The first-order valence-corrected chi connectivity index (χ1v) is 6.39. The molecule has 3 N–H and O–H groups in total. The third-order valence-corrected chi connectivity index (χ3v) is 3.86. The molecule has 17 heavy (non-hydrogen) atoms. The van der Waals surface area contributed by atoms with Crippen LogP contribution in [-0.4, -0.2) is 36.1 Å². The highest BCUT2D eigenvalue weighted by Crippen LogP contribution is 2.31. The third-order valence-electron chi connectivity index (χ3n) is 3.86. The van der Waals surface area contributed by atoms with Crippen LogP contribution in [0.4, 0.5) is 0 Å². The lowest BCUT2D eigenvalue weighted by Gasteiger charge is -2.18. The highest BCUT2D eigenvalue weighted by molar-refractivity contribution is 5.78. The summed E-state index contributed by atoms with van der Waals surface area (Å²) in [5.41, 5.74) is 0. The summed E-state index contributed by atoms with van der Waals surface area (Å²) in [6.45, 7) is 1.51. The van der Waals surface area contributed by atoms with E-state index in [1.54, 1.807) is 0 Å². The van der Waals surface area contributed by atoms with Crippen LogP contribution < -0.4 is 10.6 Å². The Morgan fingerprint density at radius 1 is 1.35 bits per heavy atom. The molecule has 0 aromatic heterocycles. The fourth-order valence-electron chi connectivity index (χ4n) is 2.88. The van der Waals surface area contributed by atoms with Gasteiger partial charge < -0.3 is 15.7 Å². The SMILES string of the molecule is O=C1CCC(CNCC2CCCC2C(=O)O)N1. The van der Waals surface area contributed by atoms with Crippen LogP contribution in [0.25, 0.3) is 0 Å². The van der Waals surface area contributed by atoms with Crippen LogP contribution in [0, 0.1) is 11.8 Å². The average Bonchev–Trinajstić information content (AvgIpc) is 2.87. The number of aliphatic carboxylic acids is 1. The summed E-state index contributed by atoms with van der Waals surface area (Å²) in [6, 6.07) is 0.229. The minimum atomic E-state index is -0.663. The first-order chi connectivity index (χ1) is 8.16. The van der Waals surface area contributed by atoms with Gasteiger partial charge in [0.15, 0.2) is 0 Å². The smallest absolute Gasteiger partial charge is 0.306 e. The minimum absolute atomic E-state index is 0.126. The zero-order valence-electron chi connectivity index (χ0n) is 9.95. The molecule has 0 radical (unpaired) electrons. The van der Waals surface area contributed by atoms with E-state index in [-0.39, 0.29) is 23.8 Å². The van der Waals surface area contributed by atoms with Crippen LogP contribution in [0.15, 0.2) is 0 Å². The van der Waals surface area contributed by atoms with Gasteiger partial charge in [-0.15, -0.1) is 0 Å². The molecule has 2 aliphatic rings. The highest BCUT2D eigenvalue weighted by atomic mass is 16.4. The molecule has 0 aromatic carbocycles.